The molecule has 5 rings (SSSR count). The first kappa shape index (κ1) is 20.3. The summed E-state index contributed by atoms with van der Waals surface area (Å²) in [5, 5.41) is 8.55. The zero-order valence-electron chi connectivity index (χ0n) is 18.5. The number of aromatic amines is 1. The number of amides is 1. The van der Waals surface area contributed by atoms with E-state index in [1.165, 1.54) is 0 Å². The molecule has 0 bridgehead atoms. The van der Waals surface area contributed by atoms with Crippen molar-refractivity contribution < 1.29 is 9.53 Å². The van der Waals surface area contributed by atoms with Crippen molar-refractivity contribution in [2.24, 2.45) is 5.92 Å². The number of hydrogen-bond donors (Lipinski definition) is 2. The van der Waals surface area contributed by atoms with Gasteiger partial charge in [0.15, 0.2) is 0 Å². The largest absolute Gasteiger partial charge is 0.480 e. The molecule has 1 aliphatic rings. The third kappa shape index (κ3) is 3.63. The smallest absolute Gasteiger partial charge is 0.228 e. The molecule has 1 saturated carbocycles. The molecule has 9 heteroatoms. The lowest BCUT2D eigenvalue weighted by atomic mass is 9.85. The number of carbonyl (C=O) groups is 1. The van der Waals surface area contributed by atoms with Crippen LogP contribution in [0.4, 0.5) is 5.95 Å². The molecule has 0 unspecified atom stereocenters. The van der Waals surface area contributed by atoms with Crippen molar-refractivity contribution in [1.82, 2.24) is 29.5 Å². The average Bonchev–Trinajstić information content (AvgIpc) is 3.45. The maximum absolute atomic E-state index is 12.2. The SMILES string of the molecule is COc1nc(N[C@H]2CC[C@@H](C(=O)N(C)C)CC2)nc2[nH]cc(-c3ccn4nccc4c3)c12. The first-order valence-electron chi connectivity index (χ1n) is 10.9. The summed E-state index contributed by atoms with van der Waals surface area (Å²) in [7, 11) is 5.26. The van der Waals surface area contributed by atoms with Crippen LogP contribution in [0.1, 0.15) is 25.7 Å². The first-order chi connectivity index (χ1) is 15.5. The Balaban J connectivity index is 1.39. The number of H-pyrrole nitrogens is 1. The van der Waals surface area contributed by atoms with Gasteiger partial charge in [-0.3, -0.25) is 4.79 Å². The fourth-order valence-corrected chi connectivity index (χ4v) is 4.56. The van der Waals surface area contributed by atoms with E-state index in [1.807, 2.05) is 43.1 Å². The van der Waals surface area contributed by atoms with Crippen LogP contribution in [0.5, 0.6) is 5.88 Å². The van der Waals surface area contributed by atoms with Gasteiger partial charge in [-0.15, -0.1) is 0 Å². The highest BCUT2D eigenvalue weighted by Crippen LogP contribution is 2.35. The van der Waals surface area contributed by atoms with Crippen molar-refractivity contribution in [3.05, 3.63) is 36.8 Å². The number of carbonyl (C=O) groups excluding carboxylic acids is 1. The Morgan fingerprint density at radius 3 is 2.78 bits per heavy atom. The zero-order chi connectivity index (χ0) is 22.2. The summed E-state index contributed by atoms with van der Waals surface area (Å²) in [5.41, 5.74) is 3.75. The molecule has 1 fully saturated rings. The van der Waals surface area contributed by atoms with Gasteiger partial charge in [0.2, 0.25) is 17.7 Å². The second-order valence-corrected chi connectivity index (χ2v) is 8.52. The van der Waals surface area contributed by atoms with Gasteiger partial charge < -0.3 is 19.9 Å². The van der Waals surface area contributed by atoms with Crippen LogP contribution in [-0.4, -0.2) is 62.6 Å². The Hall–Kier alpha value is -3.62. The minimum Gasteiger partial charge on any atom is -0.480 e. The van der Waals surface area contributed by atoms with Crippen molar-refractivity contribution in [3.63, 3.8) is 0 Å². The molecule has 32 heavy (non-hydrogen) atoms. The maximum Gasteiger partial charge on any atom is 0.228 e. The van der Waals surface area contributed by atoms with E-state index < -0.39 is 0 Å². The van der Waals surface area contributed by atoms with Crippen molar-refractivity contribution in [1.29, 1.82) is 0 Å². The van der Waals surface area contributed by atoms with E-state index in [2.05, 4.69) is 26.4 Å². The molecule has 0 aliphatic heterocycles. The van der Waals surface area contributed by atoms with Crippen LogP contribution in [0.15, 0.2) is 36.8 Å². The van der Waals surface area contributed by atoms with Gasteiger partial charge in [-0.25, -0.2) is 4.52 Å². The highest BCUT2D eigenvalue weighted by atomic mass is 16.5. The highest BCUT2D eigenvalue weighted by Gasteiger charge is 2.28. The molecule has 9 nitrogen and oxygen atoms in total. The van der Waals surface area contributed by atoms with Gasteiger partial charge in [0.1, 0.15) is 5.65 Å². The van der Waals surface area contributed by atoms with Crippen LogP contribution in [0.25, 0.3) is 27.7 Å². The molecule has 1 amide bonds. The Morgan fingerprint density at radius 2 is 2.03 bits per heavy atom. The molecule has 0 saturated heterocycles. The van der Waals surface area contributed by atoms with Crippen molar-refractivity contribution in [2.45, 2.75) is 31.7 Å². The number of anilines is 1. The Labute approximate surface area is 185 Å². The lowest BCUT2D eigenvalue weighted by Crippen LogP contribution is -2.35. The number of hydrogen-bond acceptors (Lipinski definition) is 6. The lowest BCUT2D eigenvalue weighted by molar-refractivity contribution is -0.133. The molecule has 166 valence electrons. The molecule has 0 aromatic carbocycles. The van der Waals surface area contributed by atoms with Gasteiger partial charge in [-0.2, -0.15) is 15.1 Å². The normalized spacial score (nSPS) is 18.7. The summed E-state index contributed by atoms with van der Waals surface area (Å²) >= 11 is 0. The number of methoxy groups -OCH3 is 1. The van der Waals surface area contributed by atoms with Gasteiger partial charge in [0, 0.05) is 50.2 Å². The lowest BCUT2D eigenvalue weighted by Gasteiger charge is -2.29. The Morgan fingerprint density at radius 1 is 1.22 bits per heavy atom. The van der Waals surface area contributed by atoms with Gasteiger partial charge in [0.05, 0.1) is 18.0 Å². The monoisotopic (exact) mass is 433 g/mol. The van der Waals surface area contributed by atoms with Gasteiger partial charge in [0.25, 0.3) is 0 Å². The van der Waals surface area contributed by atoms with E-state index in [4.69, 9.17) is 9.72 Å². The summed E-state index contributed by atoms with van der Waals surface area (Å²) in [5.74, 6) is 1.39. The predicted molar refractivity (Wildman–Crippen MR) is 123 cm³/mol. The molecule has 0 atom stereocenters. The number of pyridine rings is 1. The molecule has 4 aromatic heterocycles. The number of ether oxygens (including phenoxy) is 1. The molecule has 0 spiro atoms. The van der Waals surface area contributed by atoms with Crippen LogP contribution < -0.4 is 10.1 Å². The molecular formula is C23H27N7O2. The van der Waals surface area contributed by atoms with E-state index in [-0.39, 0.29) is 17.9 Å². The van der Waals surface area contributed by atoms with Crippen LogP contribution in [0, 0.1) is 5.92 Å². The fourth-order valence-electron chi connectivity index (χ4n) is 4.56. The maximum atomic E-state index is 12.2. The van der Waals surface area contributed by atoms with E-state index in [1.54, 1.807) is 18.2 Å². The highest BCUT2D eigenvalue weighted by molar-refractivity contribution is 5.98. The third-order valence-corrected chi connectivity index (χ3v) is 6.25. The number of nitrogens with one attached hydrogen (secondary N) is 2. The summed E-state index contributed by atoms with van der Waals surface area (Å²) in [6.45, 7) is 0. The summed E-state index contributed by atoms with van der Waals surface area (Å²) in [6.07, 6.45) is 9.22. The van der Waals surface area contributed by atoms with Gasteiger partial charge >= 0.3 is 0 Å². The van der Waals surface area contributed by atoms with Crippen molar-refractivity contribution in [2.75, 3.05) is 26.5 Å². The quantitative estimate of drug-likeness (QED) is 0.501. The predicted octanol–water partition coefficient (Wildman–Crippen LogP) is 3.34. The van der Waals surface area contributed by atoms with Gasteiger partial charge in [-0.1, -0.05) is 0 Å². The minimum atomic E-state index is 0.111. The van der Waals surface area contributed by atoms with Crippen LogP contribution >= 0.6 is 0 Å². The van der Waals surface area contributed by atoms with Crippen molar-refractivity contribution >= 4 is 28.4 Å². The molecule has 2 N–H and O–H groups in total. The van der Waals surface area contributed by atoms with Gasteiger partial charge in [-0.05, 0) is 49.4 Å². The van der Waals surface area contributed by atoms with E-state index in [0.717, 1.165) is 53.4 Å². The summed E-state index contributed by atoms with van der Waals surface area (Å²) in [4.78, 5) is 26.5. The fraction of sp³-hybridized carbons (Fsp3) is 0.391. The summed E-state index contributed by atoms with van der Waals surface area (Å²) < 4.78 is 7.47. The second-order valence-electron chi connectivity index (χ2n) is 8.52. The number of aromatic nitrogens is 5. The van der Waals surface area contributed by atoms with E-state index in [0.29, 0.717) is 11.8 Å². The number of rotatable bonds is 5. The molecule has 4 heterocycles. The van der Waals surface area contributed by atoms with Crippen molar-refractivity contribution in [3.8, 4) is 17.0 Å². The number of nitrogens with zero attached hydrogens (tertiary/aromatic N) is 5. The minimum absolute atomic E-state index is 0.111. The third-order valence-electron chi connectivity index (χ3n) is 6.25. The van der Waals surface area contributed by atoms with E-state index >= 15 is 0 Å². The van der Waals surface area contributed by atoms with Crippen LogP contribution in [-0.2, 0) is 4.79 Å². The Bertz CT molecular complexity index is 1270. The molecule has 0 radical (unpaired) electrons. The second kappa shape index (κ2) is 8.14. The van der Waals surface area contributed by atoms with Crippen LogP contribution in [0.2, 0.25) is 0 Å². The topological polar surface area (TPSA) is 100 Å². The standard InChI is InChI=1S/C23H27N7O2/c1-29(2)22(31)14-4-6-16(7-5-14)26-23-27-20-19(21(28-23)32-3)18(13-24-20)15-9-11-30-17(12-15)8-10-25-30/h8-14,16H,4-7H2,1-3H3,(H2,24,26,27,28)/t14-,16+. The number of fused-ring (bicyclic) bond motifs is 2. The first-order valence-corrected chi connectivity index (χ1v) is 10.9. The molecule has 4 aromatic rings. The summed E-state index contributed by atoms with van der Waals surface area (Å²) in [6, 6.07) is 6.30. The van der Waals surface area contributed by atoms with Crippen LogP contribution in [0.3, 0.4) is 0 Å². The Kier molecular flexibility index (Phi) is 5.16. The zero-order valence-corrected chi connectivity index (χ0v) is 18.5. The average molecular weight is 434 g/mol. The van der Waals surface area contributed by atoms with E-state index in [9.17, 15) is 4.79 Å². The molecular weight excluding hydrogens is 406 g/mol. The molecule has 1 aliphatic carbocycles.